The Hall–Kier alpha value is -5.03. The molecule has 2 aliphatic heterocycles. The summed E-state index contributed by atoms with van der Waals surface area (Å²) in [6.07, 6.45) is 3.41. The third-order valence-electron chi connectivity index (χ3n) is 9.27. The first kappa shape index (κ1) is 36.8. The number of rotatable bonds is 9. The number of carboxylic acid groups (broad SMARTS) is 2. The van der Waals surface area contributed by atoms with Crippen LogP contribution in [0.2, 0.25) is 0 Å². The number of fused-ring (bicyclic) bond motifs is 8. The standard InChI is InChI=1S/C35H41N5O4.C3H6O2/c1-9-22-19(4)26-15-25-18(3)13-29(36-25)24(14-32(41)40(7)11-12-44-8)34-33(35(42)43)21(6)28(39-34)17-31-23(10-2)20(5)27(38-31)16-30(22)37-26;1-2-3(4)5/h9,15-18,37-38H,1,10-14H2,2-8H3,(H,42,43);2H2,1H3,(H,4,5). The topological polar surface area (TPSA) is 162 Å². The highest BCUT2D eigenvalue weighted by Gasteiger charge is 2.30. The zero-order chi connectivity index (χ0) is 36.2. The Balaban J connectivity index is 0.00000101. The van der Waals surface area contributed by atoms with Gasteiger partial charge in [0.15, 0.2) is 0 Å². The number of ether oxygens (including phenoxy) is 1. The van der Waals surface area contributed by atoms with Gasteiger partial charge in [0.05, 0.1) is 30.0 Å². The van der Waals surface area contributed by atoms with Gasteiger partial charge in [-0.15, -0.1) is 0 Å². The lowest BCUT2D eigenvalue weighted by Gasteiger charge is -2.17. The number of likely N-dealkylation sites (N-methyl/N-ethyl adjacent to an activating group) is 1. The van der Waals surface area contributed by atoms with Crippen LogP contribution in [0.15, 0.2) is 24.8 Å². The van der Waals surface area contributed by atoms with Crippen LogP contribution in [0.25, 0.3) is 39.3 Å². The van der Waals surface area contributed by atoms with E-state index in [9.17, 15) is 19.5 Å². The largest absolute Gasteiger partial charge is 0.481 e. The molecule has 0 aliphatic carbocycles. The number of hydrogen-bond acceptors (Lipinski definition) is 6. The summed E-state index contributed by atoms with van der Waals surface area (Å²) < 4.78 is 5.17. The Bertz CT molecular complexity index is 2000. The minimum atomic E-state index is -1.08. The van der Waals surface area contributed by atoms with Gasteiger partial charge in [-0.3, -0.25) is 14.6 Å². The summed E-state index contributed by atoms with van der Waals surface area (Å²) >= 11 is 0. The van der Waals surface area contributed by atoms with Crippen LogP contribution in [0, 0.1) is 13.8 Å². The van der Waals surface area contributed by atoms with E-state index < -0.39 is 11.9 Å². The number of carbonyl (C=O) groups is 3. The van der Waals surface area contributed by atoms with Crippen molar-refractivity contribution in [3.8, 4) is 0 Å². The van der Waals surface area contributed by atoms with Crippen LogP contribution >= 0.6 is 0 Å². The summed E-state index contributed by atoms with van der Waals surface area (Å²) in [7, 11) is 3.31. The first-order chi connectivity index (χ1) is 23.3. The van der Waals surface area contributed by atoms with Crippen LogP contribution in [0.4, 0.5) is 0 Å². The molecule has 5 heterocycles. The minimum Gasteiger partial charge on any atom is -0.481 e. The van der Waals surface area contributed by atoms with Crippen molar-refractivity contribution in [3.63, 3.8) is 0 Å². The maximum Gasteiger partial charge on any atom is 0.338 e. The van der Waals surface area contributed by atoms with Gasteiger partial charge in [-0.05, 0) is 74.1 Å². The Morgan fingerprint density at radius 3 is 2.24 bits per heavy atom. The van der Waals surface area contributed by atoms with Crippen LogP contribution in [0.1, 0.15) is 90.6 Å². The summed E-state index contributed by atoms with van der Waals surface area (Å²) in [4.78, 5) is 54.4. The van der Waals surface area contributed by atoms with Gasteiger partial charge in [0.25, 0.3) is 0 Å². The van der Waals surface area contributed by atoms with E-state index in [4.69, 9.17) is 19.8 Å². The van der Waals surface area contributed by atoms with E-state index >= 15 is 0 Å². The number of nitrogens with one attached hydrogen (secondary N) is 2. The maximum atomic E-state index is 13.5. The molecule has 3 aromatic rings. The summed E-state index contributed by atoms with van der Waals surface area (Å²) in [6, 6.07) is 6.08. The van der Waals surface area contributed by atoms with Crippen LogP contribution < -0.4 is 0 Å². The monoisotopic (exact) mass is 669 g/mol. The lowest BCUT2D eigenvalue weighted by Crippen LogP contribution is -2.31. The number of nitrogens with zero attached hydrogens (tertiary/aromatic N) is 3. The number of carbonyl (C=O) groups excluding carboxylic acids is 1. The van der Waals surface area contributed by atoms with Gasteiger partial charge >= 0.3 is 11.9 Å². The quantitative estimate of drug-likeness (QED) is 0.198. The molecule has 0 saturated heterocycles. The molecule has 260 valence electrons. The number of aromatic nitrogens is 4. The molecule has 0 fully saturated rings. The van der Waals surface area contributed by atoms with E-state index in [-0.39, 0.29) is 30.2 Å². The summed E-state index contributed by atoms with van der Waals surface area (Å²) in [5, 5.41) is 18.2. The van der Waals surface area contributed by atoms with Crippen molar-refractivity contribution in [1.29, 1.82) is 0 Å². The third-order valence-corrected chi connectivity index (χ3v) is 9.27. The Morgan fingerprint density at radius 1 is 1.00 bits per heavy atom. The molecule has 1 atom stereocenters. The SMILES string of the molecule is C=Cc1c(C)c2cc3nc(c(CC(=O)N(C)CCOC)c4nc(cc5[nH]c(cc1[nH]2)c(C)c5CC)C(C)=C4C(=O)O)CC3C.CCC(=O)O. The smallest absolute Gasteiger partial charge is 0.338 e. The Kier molecular flexibility index (Phi) is 11.6. The van der Waals surface area contributed by atoms with Crippen LogP contribution in [0.5, 0.6) is 0 Å². The number of methoxy groups -OCH3 is 1. The van der Waals surface area contributed by atoms with Gasteiger partial charge in [-0.2, -0.15) is 0 Å². The van der Waals surface area contributed by atoms with Crippen LogP contribution in [-0.2, 0) is 38.4 Å². The number of aryl methyl sites for hydroxylation is 3. The second-order valence-electron chi connectivity index (χ2n) is 12.5. The number of aromatic amines is 2. The summed E-state index contributed by atoms with van der Waals surface area (Å²) in [5.41, 5.74) is 11.6. The van der Waals surface area contributed by atoms with Crippen molar-refractivity contribution in [2.45, 2.75) is 73.1 Å². The highest BCUT2D eigenvalue weighted by Crippen LogP contribution is 2.36. The van der Waals surface area contributed by atoms with Crippen LogP contribution in [0.3, 0.4) is 0 Å². The van der Waals surface area contributed by atoms with E-state index in [0.29, 0.717) is 47.8 Å². The van der Waals surface area contributed by atoms with Gasteiger partial charge in [0.1, 0.15) is 0 Å². The predicted molar refractivity (Wildman–Crippen MR) is 193 cm³/mol. The molecule has 0 saturated carbocycles. The number of amides is 1. The van der Waals surface area contributed by atoms with Crippen molar-refractivity contribution in [2.75, 3.05) is 27.3 Å². The molecular weight excluding hydrogens is 622 g/mol. The van der Waals surface area contributed by atoms with Crippen molar-refractivity contribution in [3.05, 3.63) is 75.4 Å². The van der Waals surface area contributed by atoms with Crippen LogP contribution in [-0.4, -0.2) is 80.2 Å². The fraction of sp³-hybridized carbons (Fsp3) is 0.395. The van der Waals surface area contributed by atoms with E-state index in [1.807, 2.05) is 12.1 Å². The molecule has 3 aromatic heterocycles. The molecule has 8 bridgehead atoms. The fourth-order valence-corrected chi connectivity index (χ4v) is 6.22. The van der Waals surface area contributed by atoms with E-state index in [1.54, 1.807) is 32.9 Å². The van der Waals surface area contributed by atoms with Gasteiger partial charge in [0, 0.05) is 77.6 Å². The Labute approximate surface area is 286 Å². The van der Waals surface area contributed by atoms with E-state index in [2.05, 4.69) is 56.4 Å². The van der Waals surface area contributed by atoms with Crippen molar-refractivity contribution >= 4 is 57.1 Å². The molecule has 5 rings (SSSR count). The maximum absolute atomic E-state index is 13.5. The van der Waals surface area contributed by atoms with Gasteiger partial charge in [0.2, 0.25) is 5.91 Å². The second kappa shape index (κ2) is 15.5. The highest BCUT2D eigenvalue weighted by molar-refractivity contribution is 6.24. The molecule has 1 amide bonds. The Morgan fingerprint density at radius 2 is 1.65 bits per heavy atom. The van der Waals surface area contributed by atoms with E-state index in [1.165, 1.54) is 0 Å². The number of H-pyrrole nitrogens is 2. The molecule has 0 aromatic carbocycles. The lowest BCUT2D eigenvalue weighted by molar-refractivity contribution is -0.136. The van der Waals surface area contributed by atoms with Gasteiger partial charge in [-0.1, -0.05) is 33.4 Å². The minimum absolute atomic E-state index is 0.0254. The summed E-state index contributed by atoms with van der Waals surface area (Å²) in [6.45, 7) is 16.6. The highest BCUT2D eigenvalue weighted by atomic mass is 16.5. The molecule has 0 spiro atoms. The molecule has 49 heavy (non-hydrogen) atoms. The van der Waals surface area contributed by atoms with Gasteiger partial charge < -0.3 is 29.8 Å². The summed E-state index contributed by atoms with van der Waals surface area (Å²) in [5.74, 6) is -1.93. The van der Waals surface area contributed by atoms with Gasteiger partial charge in [-0.25, -0.2) is 9.78 Å². The zero-order valence-corrected chi connectivity index (χ0v) is 29.7. The average Bonchev–Trinajstić information content (AvgIpc) is 3.76. The first-order valence-corrected chi connectivity index (χ1v) is 16.5. The lowest BCUT2D eigenvalue weighted by atomic mass is 9.96. The number of carboxylic acids is 2. The molecule has 11 nitrogen and oxygen atoms in total. The van der Waals surface area contributed by atoms with Crippen molar-refractivity contribution < 1.29 is 29.3 Å². The van der Waals surface area contributed by atoms with E-state index in [0.717, 1.165) is 56.4 Å². The molecular formula is C38H47N5O6. The molecule has 1 unspecified atom stereocenters. The molecule has 4 N–H and O–H groups in total. The predicted octanol–water partition coefficient (Wildman–Crippen LogP) is 6.63. The normalized spacial score (nSPS) is 13.9. The first-order valence-electron chi connectivity index (χ1n) is 16.5. The second-order valence-corrected chi connectivity index (χ2v) is 12.5. The molecule has 2 aliphatic rings. The molecule has 11 heteroatoms. The van der Waals surface area contributed by atoms with Crippen molar-refractivity contribution in [1.82, 2.24) is 24.8 Å². The molecule has 0 radical (unpaired) electrons. The number of allylic oxidation sites excluding steroid dienone is 1. The third kappa shape index (κ3) is 7.67. The number of hydrogen-bond donors (Lipinski definition) is 4. The average molecular weight is 670 g/mol. The van der Waals surface area contributed by atoms with Crippen molar-refractivity contribution in [2.24, 2.45) is 0 Å². The number of aliphatic carboxylic acids is 2. The zero-order valence-electron chi connectivity index (χ0n) is 29.7. The fourth-order valence-electron chi connectivity index (χ4n) is 6.22.